The second-order valence-corrected chi connectivity index (χ2v) is 3.69. The van der Waals surface area contributed by atoms with Crippen LogP contribution in [0.1, 0.15) is 16.1 Å². The average molecular weight is 250 g/mol. The molecule has 0 spiro atoms. The molecule has 0 radical (unpaired) electrons. The number of aromatic hydroxyl groups is 1. The number of carbonyl (C=O) groups is 1. The van der Waals surface area contributed by atoms with Crippen LogP contribution in [0.15, 0.2) is 21.3 Å². The number of methoxy groups -OCH3 is 1. The van der Waals surface area contributed by atoms with Gasteiger partial charge < -0.3 is 19.4 Å². The molecular formula is C12H10O6. The van der Waals surface area contributed by atoms with Gasteiger partial charge in [-0.3, -0.25) is 0 Å². The molecule has 6 heteroatoms. The second-order valence-electron chi connectivity index (χ2n) is 3.69. The smallest absolute Gasteiger partial charge is 0.347 e. The van der Waals surface area contributed by atoms with Crippen LogP contribution in [0.4, 0.5) is 0 Å². The van der Waals surface area contributed by atoms with Crippen molar-refractivity contribution in [3.8, 4) is 11.5 Å². The largest absolute Gasteiger partial charge is 0.507 e. The van der Waals surface area contributed by atoms with Gasteiger partial charge in [0.05, 0.1) is 7.11 Å². The standard InChI is InChI=1S/C12H10O6/c1-5-9(11(14)15)7-3-6(17-2)4-8(13)10(7)12(16)18-5/h3-4,13H,1-2H3,(H,14,15). The third-order valence-electron chi connectivity index (χ3n) is 2.61. The van der Waals surface area contributed by atoms with Crippen molar-refractivity contribution in [2.45, 2.75) is 6.92 Å². The van der Waals surface area contributed by atoms with Crippen LogP contribution in [-0.4, -0.2) is 23.3 Å². The Labute approximate surface area is 101 Å². The summed E-state index contributed by atoms with van der Waals surface area (Å²) in [4.78, 5) is 22.8. The normalized spacial score (nSPS) is 10.6. The van der Waals surface area contributed by atoms with E-state index in [1.165, 1.54) is 26.2 Å². The Kier molecular flexibility index (Phi) is 2.70. The molecular weight excluding hydrogens is 240 g/mol. The van der Waals surface area contributed by atoms with Gasteiger partial charge in [0.1, 0.15) is 28.2 Å². The number of aryl methyl sites for hydroxylation is 1. The molecule has 2 N–H and O–H groups in total. The van der Waals surface area contributed by atoms with E-state index in [4.69, 9.17) is 14.3 Å². The van der Waals surface area contributed by atoms with Gasteiger partial charge in [0.2, 0.25) is 0 Å². The molecule has 0 saturated carbocycles. The molecule has 0 atom stereocenters. The lowest BCUT2D eigenvalue weighted by molar-refractivity contribution is 0.0695. The Hall–Kier alpha value is -2.50. The van der Waals surface area contributed by atoms with Crippen LogP contribution in [-0.2, 0) is 0 Å². The van der Waals surface area contributed by atoms with Gasteiger partial charge in [-0.15, -0.1) is 0 Å². The SMILES string of the molecule is COc1cc(O)c2c(=O)oc(C)c(C(=O)O)c2c1. The second kappa shape index (κ2) is 4.06. The number of hydrogen-bond donors (Lipinski definition) is 2. The van der Waals surface area contributed by atoms with E-state index in [1.807, 2.05) is 0 Å². The fraction of sp³-hybridized carbons (Fsp3) is 0.167. The number of benzene rings is 1. The molecule has 1 aromatic heterocycles. The first-order valence-corrected chi connectivity index (χ1v) is 5.03. The van der Waals surface area contributed by atoms with Crippen molar-refractivity contribution in [2.24, 2.45) is 0 Å². The maximum Gasteiger partial charge on any atom is 0.347 e. The average Bonchev–Trinajstić information content (AvgIpc) is 2.26. The minimum absolute atomic E-state index is 0.0207. The number of ether oxygens (including phenoxy) is 1. The predicted octanol–water partition coefficient (Wildman–Crippen LogP) is 1.51. The molecule has 94 valence electrons. The maximum atomic E-state index is 11.6. The van der Waals surface area contributed by atoms with Crippen molar-refractivity contribution >= 4 is 16.7 Å². The zero-order chi connectivity index (χ0) is 13.4. The molecule has 18 heavy (non-hydrogen) atoms. The molecule has 0 amide bonds. The van der Waals surface area contributed by atoms with E-state index < -0.39 is 11.6 Å². The van der Waals surface area contributed by atoms with Crippen molar-refractivity contribution in [1.29, 1.82) is 0 Å². The fourth-order valence-corrected chi connectivity index (χ4v) is 1.83. The Bertz CT molecular complexity index is 698. The van der Waals surface area contributed by atoms with Gasteiger partial charge in [-0.2, -0.15) is 0 Å². The number of aromatic carboxylic acids is 1. The molecule has 1 aromatic carbocycles. The van der Waals surface area contributed by atoms with Gasteiger partial charge in [0.25, 0.3) is 0 Å². The first-order valence-electron chi connectivity index (χ1n) is 5.03. The first kappa shape index (κ1) is 12.0. The lowest BCUT2D eigenvalue weighted by Crippen LogP contribution is -2.09. The molecule has 0 fully saturated rings. The van der Waals surface area contributed by atoms with Gasteiger partial charge in [-0.1, -0.05) is 0 Å². The van der Waals surface area contributed by atoms with E-state index in [2.05, 4.69) is 0 Å². The fourth-order valence-electron chi connectivity index (χ4n) is 1.83. The highest BCUT2D eigenvalue weighted by atomic mass is 16.5. The number of phenolic OH excluding ortho intramolecular Hbond substituents is 1. The molecule has 0 unspecified atom stereocenters. The summed E-state index contributed by atoms with van der Waals surface area (Å²) in [7, 11) is 1.37. The van der Waals surface area contributed by atoms with E-state index in [-0.39, 0.29) is 33.6 Å². The third kappa shape index (κ3) is 1.67. The number of carboxylic acids is 1. The van der Waals surface area contributed by atoms with Crippen LogP contribution in [0, 0.1) is 6.92 Å². The number of fused-ring (bicyclic) bond motifs is 1. The molecule has 1 heterocycles. The molecule has 6 nitrogen and oxygen atoms in total. The topological polar surface area (TPSA) is 97.0 Å². The summed E-state index contributed by atoms with van der Waals surface area (Å²) >= 11 is 0. The van der Waals surface area contributed by atoms with E-state index in [0.29, 0.717) is 0 Å². The number of rotatable bonds is 2. The van der Waals surface area contributed by atoms with Crippen molar-refractivity contribution in [2.75, 3.05) is 7.11 Å². The van der Waals surface area contributed by atoms with Crippen LogP contribution in [0.3, 0.4) is 0 Å². The number of hydrogen-bond acceptors (Lipinski definition) is 5. The van der Waals surface area contributed by atoms with Crippen molar-refractivity contribution in [3.05, 3.63) is 33.9 Å². The highest BCUT2D eigenvalue weighted by molar-refractivity contribution is 6.05. The molecule has 0 bridgehead atoms. The minimum atomic E-state index is -1.24. The molecule has 2 rings (SSSR count). The van der Waals surface area contributed by atoms with Crippen molar-refractivity contribution in [3.63, 3.8) is 0 Å². The van der Waals surface area contributed by atoms with Crippen molar-refractivity contribution < 1.29 is 24.2 Å². The van der Waals surface area contributed by atoms with Crippen molar-refractivity contribution in [1.82, 2.24) is 0 Å². The summed E-state index contributed by atoms with van der Waals surface area (Å²) < 4.78 is 9.73. The Balaban J connectivity index is 3.05. The molecule has 0 saturated heterocycles. The van der Waals surface area contributed by atoms with Gasteiger partial charge >= 0.3 is 11.6 Å². The summed E-state index contributed by atoms with van der Waals surface area (Å²) in [5.74, 6) is -1.38. The van der Waals surface area contributed by atoms with E-state index >= 15 is 0 Å². The highest BCUT2D eigenvalue weighted by Gasteiger charge is 2.20. The van der Waals surface area contributed by atoms with E-state index in [9.17, 15) is 14.7 Å². The Morgan fingerprint density at radius 2 is 2.06 bits per heavy atom. The molecule has 2 aromatic rings. The molecule has 0 aliphatic heterocycles. The lowest BCUT2D eigenvalue weighted by Gasteiger charge is -2.08. The number of carboxylic acid groups (broad SMARTS) is 1. The summed E-state index contributed by atoms with van der Waals surface area (Å²) in [6.45, 7) is 1.38. The Morgan fingerprint density at radius 1 is 1.39 bits per heavy atom. The lowest BCUT2D eigenvalue weighted by atomic mass is 10.0. The predicted molar refractivity (Wildman–Crippen MR) is 62.4 cm³/mol. The van der Waals surface area contributed by atoms with Gasteiger partial charge in [0.15, 0.2) is 0 Å². The Morgan fingerprint density at radius 3 is 2.61 bits per heavy atom. The van der Waals surface area contributed by atoms with Gasteiger partial charge in [-0.05, 0) is 13.0 Å². The molecule has 0 aliphatic rings. The van der Waals surface area contributed by atoms with E-state index in [1.54, 1.807) is 0 Å². The minimum Gasteiger partial charge on any atom is -0.507 e. The zero-order valence-corrected chi connectivity index (χ0v) is 9.68. The molecule has 0 aliphatic carbocycles. The zero-order valence-electron chi connectivity index (χ0n) is 9.68. The summed E-state index contributed by atoms with van der Waals surface area (Å²) in [5, 5.41) is 18.8. The monoisotopic (exact) mass is 250 g/mol. The summed E-state index contributed by atoms with van der Waals surface area (Å²) in [6.07, 6.45) is 0. The third-order valence-corrected chi connectivity index (χ3v) is 2.61. The van der Waals surface area contributed by atoms with E-state index in [0.717, 1.165) is 0 Å². The van der Waals surface area contributed by atoms with Crippen LogP contribution in [0.25, 0.3) is 10.8 Å². The van der Waals surface area contributed by atoms with Crippen LogP contribution in [0.5, 0.6) is 11.5 Å². The summed E-state index contributed by atoms with van der Waals surface area (Å²) in [5.41, 5.74) is -0.952. The summed E-state index contributed by atoms with van der Waals surface area (Å²) in [6, 6.07) is 2.60. The quantitative estimate of drug-likeness (QED) is 0.838. The highest BCUT2D eigenvalue weighted by Crippen LogP contribution is 2.31. The van der Waals surface area contributed by atoms with Gasteiger partial charge in [-0.25, -0.2) is 9.59 Å². The first-order chi connectivity index (χ1) is 8.45. The van der Waals surface area contributed by atoms with Gasteiger partial charge in [0, 0.05) is 11.5 Å². The van der Waals surface area contributed by atoms with Crippen LogP contribution in [0.2, 0.25) is 0 Å². The van der Waals surface area contributed by atoms with Crippen LogP contribution >= 0.6 is 0 Å². The van der Waals surface area contributed by atoms with Crippen LogP contribution < -0.4 is 10.4 Å². The maximum absolute atomic E-state index is 11.6. The number of phenols is 1.